The maximum Gasteiger partial charge on any atom is 0.159 e. The molecule has 0 amide bonds. The van der Waals surface area contributed by atoms with Gasteiger partial charge in [0.05, 0.1) is 0 Å². The van der Waals surface area contributed by atoms with Gasteiger partial charge >= 0.3 is 0 Å². The molecular weight excluding hydrogens is 324 g/mol. The van der Waals surface area contributed by atoms with E-state index in [1.165, 1.54) is 11.1 Å². The van der Waals surface area contributed by atoms with E-state index >= 15 is 0 Å². The second kappa shape index (κ2) is 5.95. The molecule has 0 saturated heterocycles. The molecule has 3 nitrogen and oxygen atoms in total. The number of phenolic OH excluding ortho intramolecular Hbond substituents is 1. The molecule has 0 radical (unpaired) electrons. The van der Waals surface area contributed by atoms with Crippen molar-refractivity contribution in [3.63, 3.8) is 0 Å². The van der Waals surface area contributed by atoms with Crippen LogP contribution in [0.5, 0.6) is 5.75 Å². The summed E-state index contributed by atoms with van der Waals surface area (Å²) in [7, 11) is 0. The summed E-state index contributed by atoms with van der Waals surface area (Å²) in [5, 5.41) is 19.5. The molecule has 0 aliphatic heterocycles. The average Bonchev–Trinajstić information content (AvgIpc) is 2.96. The van der Waals surface area contributed by atoms with Crippen LogP contribution in [0.2, 0.25) is 0 Å². The molecule has 1 aromatic rings. The topological polar surface area (TPSA) is 57.5 Å². The van der Waals surface area contributed by atoms with Gasteiger partial charge in [0.25, 0.3) is 0 Å². The van der Waals surface area contributed by atoms with Gasteiger partial charge in [0.2, 0.25) is 0 Å². The minimum Gasteiger partial charge on any atom is -0.508 e. The van der Waals surface area contributed by atoms with Crippen LogP contribution in [0.1, 0.15) is 52.0 Å². The lowest BCUT2D eigenvalue weighted by atomic mass is 9.48. The van der Waals surface area contributed by atoms with Crippen LogP contribution in [-0.4, -0.2) is 22.6 Å². The van der Waals surface area contributed by atoms with Crippen molar-refractivity contribution in [1.82, 2.24) is 0 Å². The van der Waals surface area contributed by atoms with Crippen molar-refractivity contribution in [2.45, 2.75) is 52.9 Å². The number of aliphatic hydroxyl groups is 1. The first-order chi connectivity index (χ1) is 12.3. The highest BCUT2D eigenvalue weighted by Crippen LogP contribution is 2.74. The molecule has 5 atom stereocenters. The third-order valence-corrected chi connectivity index (χ3v) is 8.40. The molecule has 3 aliphatic rings. The molecule has 1 spiro atoms. The summed E-state index contributed by atoms with van der Waals surface area (Å²) in [5.41, 5.74) is 3.68. The molecule has 2 saturated carbocycles. The SMILES string of the molecule is CC1=C2C[C@H]3C[C@H](CO)[C@@H](C)[C@]2(CC1=O)[C@@]3(C)CCc1ccc(O)cc1. The Kier molecular flexibility index (Phi) is 4.07. The molecule has 3 aliphatic carbocycles. The molecule has 2 bridgehead atoms. The number of fused-ring (bicyclic) bond motifs is 1. The first-order valence-electron chi connectivity index (χ1n) is 9.95. The molecule has 1 aromatic carbocycles. The van der Waals surface area contributed by atoms with E-state index in [1.807, 2.05) is 19.1 Å². The number of aliphatic hydroxyl groups excluding tert-OH is 1. The lowest BCUT2D eigenvalue weighted by Crippen LogP contribution is -2.51. The average molecular weight is 354 g/mol. The van der Waals surface area contributed by atoms with E-state index < -0.39 is 0 Å². The van der Waals surface area contributed by atoms with E-state index in [0.29, 0.717) is 35.7 Å². The fraction of sp³-hybridized carbons (Fsp3) is 0.609. The molecule has 0 unspecified atom stereocenters. The smallest absolute Gasteiger partial charge is 0.159 e. The first kappa shape index (κ1) is 17.8. The maximum absolute atomic E-state index is 12.7. The number of aryl methyl sites for hydroxylation is 1. The van der Waals surface area contributed by atoms with E-state index in [0.717, 1.165) is 31.3 Å². The third-order valence-electron chi connectivity index (χ3n) is 8.40. The zero-order valence-electron chi connectivity index (χ0n) is 16.1. The minimum absolute atomic E-state index is 0.0681. The van der Waals surface area contributed by atoms with E-state index in [1.54, 1.807) is 12.1 Å². The van der Waals surface area contributed by atoms with Gasteiger partial charge in [-0.25, -0.2) is 0 Å². The van der Waals surface area contributed by atoms with E-state index in [-0.39, 0.29) is 17.4 Å². The number of ketones is 1. The van der Waals surface area contributed by atoms with Crippen molar-refractivity contribution in [3.05, 3.63) is 41.0 Å². The Morgan fingerprint density at radius 1 is 1.23 bits per heavy atom. The van der Waals surface area contributed by atoms with Crippen LogP contribution < -0.4 is 0 Å². The van der Waals surface area contributed by atoms with Crippen molar-refractivity contribution in [1.29, 1.82) is 0 Å². The van der Waals surface area contributed by atoms with E-state index in [9.17, 15) is 15.0 Å². The van der Waals surface area contributed by atoms with Crippen LogP contribution in [0.3, 0.4) is 0 Å². The van der Waals surface area contributed by atoms with Crippen LogP contribution in [-0.2, 0) is 11.2 Å². The lowest BCUT2D eigenvalue weighted by Gasteiger charge is -2.55. The number of aromatic hydroxyl groups is 1. The Morgan fingerprint density at radius 2 is 1.92 bits per heavy atom. The Bertz CT molecular complexity index is 762. The predicted octanol–water partition coefficient (Wildman–Crippen LogP) is 4.28. The highest BCUT2D eigenvalue weighted by molar-refractivity contribution is 6.00. The Labute approximate surface area is 156 Å². The summed E-state index contributed by atoms with van der Waals surface area (Å²) in [6.45, 7) is 6.93. The van der Waals surface area contributed by atoms with Gasteiger partial charge in [-0.15, -0.1) is 0 Å². The number of phenols is 1. The Morgan fingerprint density at radius 3 is 2.58 bits per heavy atom. The Balaban J connectivity index is 1.71. The molecule has 0 aromatic heterocycles. The monoisotopic (exact) mass is 354 g/mol. The zero-order chi connectivity index (χ0) is 18.7. The van der Waals surface area contributed by atoms with Gasteiger partial charge in [-0.3, -0.25) is 4.79 Å². The highest BCUT2D eigenvalue weighted by atomic mass is 16.3. The van der Waals surface area contributed by atoms with Crippen molar-refractivity contribution in [2.75, 3.05) is 6.61 Å². The minimum atomic E-state index is -0.0681. The van der Waals surface area contributed by atoms with Crippen molar-refractivity contribution >= 4 is 5.78 Å². The number of rotatable bonds is 4. The maximum atomic E-state index is 12.7. The largest absolute Gasteiger partial charge is 0.508 e. The number of allylic oxidation sites excluding steroid dienone is 2. The van der Waals surface area contributed by atoms with Gasteiger partial charge in [-0.2, -0.15) is 0 Å². The fourth-order valence-electron chi connectivity index (χ4n) is 6.71. The second-order valence-corrected chi connectivity index (χ2v) is 9.13. The molecular formula is C23H30O3. The molecule has 140 valence electrons. The van der Waals surface area contributed by atoms with Crippen molar-refractivity contribution in [3.8, 4) is 5.75 Å². The molecule has 26 heavy (non-hydrogen) atoms. The lowest BCUT2D eigenvalue weighted by molar-refractivity contribution is -0.123. The normalized spacial score (nSPS) is 38.8. The second-order valence-electron chi connectivity index (χ2n) is 9.13. The molecule has 4 rings (SSSR count). The molecule has 0 heterocycles. The summed E-state index contributed by atoms with van der Waals surface area (Å²) in [4.78, 5) is 12.7. The number of benzene rings is 1. The van der Waals surface area contributed by atoms with Crippen molar-refractivity contribution < 1.29 is 15.0 Å². The highest BCUT2D eigenvalue weighted by Gasteiger charge is 2.68. The number of carbonyl (C=O) groups is 1. The summed E-state index contributed by atoms with van der Waals surface area (Å²) in [5.74, 6) is 1.81. The summed E-state index contributed by atoms with van der Waals surface area (Å²) < 4.78 is 0. The quantitative estimate of drug-likeness (QED) is 0.849. The summed E-state index contributed by atoms with van der Waals surface area (Å²) in [6.07, 6.45) is 4.75. The first-order valence-corrected chi connectivity index (χ1v) is 9.95. The number of hydrogen-bond acceptors (Lipinski definition) is 3. The number of Topliss-reactive ketones (excluding diaryl/α,β-unsaturated/α-hetero) is 1. The zero-order valence-corrected chi connectivity index (χ0v) is 16.1. The van der Waals surface area contributed by atoms with Gasteiger partial charge in [0.1, 0.15) is 5.75 Å². The van der Waals surface area contributed by atoms with Gasteiger partial charge in [-0.05, 0) is 79.0 Å². The Hall–Kier alpha value is -1.61. The molecule has 3 heteroatoms. The van der Waals surface area contributed by atoms with Crippen molar-refractivity contribution in [2.24, 2.45) is 28.6 Å². The molecule has 2 fully saturated rings. The molecule has 2 N–H and O–H groups in total. The van der Waals surface area contributed by atoms with Gasteiger partial charge in [-0.1, -0.05) is 31.6 Å². The van der Waals surface area contributed by atoms with Gasteiger partial charge < -0.3 is 10.2 Å². The van der Waals surface area contributed by atoms with Crippen LogP contribution >= 0.6 is 0 Å². The van der Waals surface area contributed by atoms with Crippen LogP contribution in [0.4, 0.5) is 0 Å². The van der Waals surface area contributed by atoms with Gasteiger partial charge in [0.15, 0.2) is 5.78 Å². The number of carbonyl (C=O) groups excluding carboxylic acids is 1. The van der Waals surface area contributed by atoms with E-state index in [4.69, 9.17) is 0 Å². The van der Waals surface area contributed by atoms with Crippen LogP contribution in [0, 0.1) is 28.6 Å². The van der Waals surface area contributed by atoms with E-state index in [2.05, 4.69) is 13.8 Å². The van der Waals surface area contributed by atoms with Crippen LogP contribution in [0.25, 0.3) is 0 Å². The van der Waals surface area contributed by atoms with Gasteiger partial charge in [0, 0.05) is 18.4 Å². The summed E-state index contributed by atoms with van der Waals surface area (Å²) in [6, 6.07) is 7.51. The predicted molar refractivity (Wildman–Crippen MR) is 102 cm³/mol. The van der Waals surface area contributed by atoms with Crippen LogP contribution in [0.15, 0.2) is 35.4 Å². The fourth-order valence-corrected chi connectivity index (χ4v) is 6.71. The number of hydrogen-bond donors (Lipinski definition) is 2. The summed E-state index contributed by atoms with van der Waals surface area (Å²) >= 11 is 0. The third kappa shape index (κ3) is 2.19. The standard InChI is InChI=1S/C23H30O3/c1-14-20-11-18-10-17(13-24)15(2)23(20,12-21(14)26)22(18,3)9-8-16-4-6-19(25)7-5-16/h4-7,15,17-18,24-25H,8-13H2,1-3H3/t15-,17-,18-,22+,23+/m1/s1.